The largest absolute Gasteiger partial charge is 0.496 e. The third-order valence-corrected chi connectivity index (χ3v) is 2.24. The first-order chi connectivity index (χ1) is 7.04. The molecular weight excluding hydrogens is 194 g/mol. The van der Waals surface area contributed by atoms with Gasteiger partial charge in [0.1, 0.15) is 5.75 Å². The molecular formula is C11H15NO3. The first kappa shape index (κ1) is 11.5. The molecule has 0 heterocycles. The summed E-state index contributed by atoms with van der Waals surface area (Å²) in [7, 11) is 1.60. The van der Waals surface area contributed by atoms with E-state index in [1.165, 1.54) is 0 Å². The second-order valence-electron chi connectivity index (χ2n) is 3.43. The van der Waals surface area contributed by atoms with E-state index in [9.17, 15) is 4.79 Å². The number of aryl methyl sites for hydroxylation is 1. The maximum Gasteiger partial charge on any atom is 0.305 e. The van der Waals surface area contributed by atoms with E-state index in [2.05, 4.69) is 0 Å². The lowest BCUT2D eigenvalue weighted by Crippen LogP contribution is -2.15. The minimum Gasteiger partial charge on any atom is -0.496 e. The van der Waals surface area contributed by atoms with Gasteiger partial charge in [0, 0.05) is 6.04 Å². The van der Waals surface area contributed by atoms with E-state index in [-0.39, 0.29) is 6.42 Å². The van der Waals surface area contributed by atoms with Crippen LogP contribution in [-0.4, -0.2) is 18.2 Å². The number of ether oxygens (including phenoxy) is 1. The van der Waals surface area contributed by atoms with Gasteiger partial charge in [-0.1, -0.05) is 12.1 Å². The Bertz CT molecular complexity index is 363. The van der Waals surface area contributed by atoms with E-state index in [0.29, 0.717) is 0 Å². The van der Waals surface area contributed by atoms with E-state index < -0.39 is 12.0 Å². The molecule has 0 saturated heterocycles. The molecule has 0 aliphatic heterocycles. The number of aliphatic carboxylic acids is 1. The van der Waals surface area contributed by atoms with Crippen molar-refractivity contribution in [2.75, 3.05) is 7.11 Å². The maximum atomic E-state index is 10.5. The minimum absolute atomic E-state index is 0.0637. The van der Waals surface area contributed by atoms with Crippen molar-refractivity contribution in [2.45, 2.75) is 19.4 Å². The topological polar surface area (TPSA) is 72.5 Å². The van der Waals surface area contributed by atoms with Gasteiger partial charge >= 0.3 is 5.97 Å². The monoisotopic (exact) mass is 209 g/mol. The average molecular weight is 209 g/mol. The summed E-state index contributed by atoms with van der Waals surface area (Å²) in [6.45, 7) is 1.90. The van der Waals surface area contributed by atoms with Crippen LogP contribution in [0.1, 0.15) is 23.6 Å². The van der Waals surface area contributed by atoms with Gasteiger partial charge in [0.25, 0.3) is 0 Å². The summed E-state index contributed by atoms with van der Waals surface area (Å²) >= 11 is 0. The van der Waals surface area contributed by atoms with Crippen LogP contribution in [0.4, 0.5) is 0 Å². The lowest BCUT2D eigenvalue weighted by molar-refractivity contribution is -0.137. The molecule has 1 rings (SSSR count). The molecule has 1 atom stereocenters. The Morgan fingerprint density at radius 3 is 2.73 bits per heavy atom. The van der Waals surface area contributed by atoms with E-state index in [1.807, 2.05) is 13.0 Å². The summed E-state index contributed by atoms with van der Waals surface area (Å²) in [5.41, 5.74) is 7.50. The highest BCUT2D eigenvalue weighted by Gasteiger charge is 2.11. The molecule has 0 aliphatic rings. The third-order valence-electron chi connectivity index (χ3n) is 2.24. The van der Waals surface area contributed by atoms with Crippen molar-refractivity contribution in [1.29, 1.82) is 0 Å². The molecule has 0 bridgehead atoms. The number of rotatable bonds is 4. The van der Waals surface area contributed by atoms with Gasteiger partial charge in [0.15, 0.2) is 0 Å². The predicted octanol–water partition coefficient (Wildman–Crippen LogP) is 1.48. The van der Waals surface area contributed by atoms with Gasteiger partial charge in [-0.25, -0.2) is 0 Å². The van der Waals surface area contributed by atoms with Gasteiger partial charge in [0.2, 0.25) is 0 Å². The summed E-state index contributed by atoms with van der Waals surface area (Å²) < 4.78 is 5.10. The Labute approximate surface area is 88.7 Å². The van der Waals surface area contributed by atoms with E-state index in [0.717, 1.165) is 16.9 Å². The van der Waals surface area contributed by atoms with Crippen LogP contribution >= 0.6 is 0 Å². The van der Waals surface area contributed by atoms with Gasteiger partial charge < -0.3 is 15.6 Å². The van der Waals surface area contributed by atoms with Gasteiger partial charge in [-0.3, -0.25) is 4.79 Å². The quantitative estimate of drug-likeness (QED) is 0.787. The van der Waals surface area contributed by atoms with Crippen LogP contribution in [0.5, 0.6) is 5.75 Å². The summed E-state index contributed by atoms with van der Waals surface area (Å²) in [5, 5.41) is 8.61. The predicted molar refractivity (Wildman–Crippen MR) is 56.9 cm³/mol. The molecule has 1 aromatic rings. The van der Waals surface area contributed by atoms with Crippen molar-refractivity contribution in [3.8, 4) is 5.75 Å². The standard InChI is InChI=1S/C11H15NO3/c1-7-5-8(3-4-10(7)15-2)9(12)6-11(13)14/h3-5,9H,6,12H2,1-2H3,(H,13,14)/t9-/m0/s1. The maximum absolute atomic E-state index is 10.5. The fraction of sp³-hybridized carbons (Fsp3) is 0.364. The fourth-order valence-electron chi connectivity index (χ4n) is 1.44. The molecule has 0 aliphatic carbocycles. The number of carbonyl (C=O) groups is 1. The van der Waals surface area contributed by atoms with Crippen LogP contribution in [-0.2, 0) is 4.79 Å². The highest BCUT2D eigenvalue weighted by molar-refractivity contribution is 5.67. The molecule has 0 aromatic heterocycles. The van der Waals surface area contributed by atoms with Gasteiger partial charge in [-0.05, 0) is 24.1 Å². The molecule has 1 aromatic carbocycles. The summed E-state index contributed by atoms with van der Waals surface area (Å²) in [6.07, 6.45) is -0.0637. The Hall–Kier alpha value is -1.55. The number of carboxylic acids is 1. The van der Waals surface area contributed by atoms with Crippen LogP contribution in [0.15, 0.2) is 18.2 Å². The Morgan fingerprint density at radius 1 is 1.60 bits per heavy atom. The highest BCUT2D eigenvalue weighted by atomic mass is 16.5. The van der Waals surface area contributed by atoms with Crippen LogP contribution < -0.4 is 10.5 Å². The number of carboxylic acid groups (broad SMARTS) is 1. The normalized spacial score (nSPS) is 12.2. The van der Waals surface area contributed by atoms with Gasteiger partial charge in [0.05, 0.1) is 13.5 Å². The molecule has 0 spiro atoms. The molecule has 4 heteroatoms. The molecule has 3 N–H and O–H groups in total. The smallest absolute Gasteiger partial charge is 0.305 e. The average Bonchev–Trinajstić information content (AvgIpc) is 2.16. The molecule has 0 radical (unpaired) electrons. The fourth-order valence-corrected chi connectivity index (χ4v) is 1.44. The van der Waals surface area contributed by atoms with Crippen molar-refractivity contribution < 1.29 is 14.6 Å². The van der Waals surface area contributed by atoms with E-state index >= 15 is 0 Å². The van der Waals surface area contributed by atoms with Crippen molar-refractivity contribution in [2.24, 2.45) is 5.73 Å². The zero-order chi connectivity index (χ0) is 11.4. The molecule has 0 saturated carbocycles. The van der Waals surface area contributed by atoms with Crippen molar-refractivity contribution in [3.05, 3.63) is 29.3 Å². The van der Waals surface area contributed by atoms with Crippen molar-refractivity contribution in [1.82, 2.24) is 0 Å². The lowest BCUT2D eigenvalue weighted by Gasteiger charge is -2.12. The van der Waals surface area contributed by atoms with Crippen LogP contribution in [0.2, 0.25) is 0 Å². The van der Waals surface area contributed by atoms with Crippen molar-refractivity contribution >= 4 is 5.97 Å². The molecule has 15 heavy (non-hydrogen) atoms. The number of nitrogens with two attached hydrogens (primary N) is 1. The summed E-state index contributed by atoms with van der Waals surface area (Å²) in [4.78, 5) is 10.5. The molecule has 4 nitrogen and oxygen atoms in total. The second-order valence-corrected chi connectivity index (χ2v) is 3.43. The number of hydrogen-bond acceptors (Lipinski definition) is 3. The van der Waals surface area contributed by atoms with Gasteiger partial charge in [-0.2, -0.15) is 0 Å². The number of hydrogen-bond donors (Lipinski definition) is 2. The van der Waals surface area contributed by atoms with Crippen LogP contribution in [0.25, 0.3) is 0 Å². The first-order valence-electron chi connectivity index (χ1n) is 4.66. The Kier molecular flexibility index (Phi) is 3.68. The summed E-state index contributed by atoms with van der Waals surface area (Å²) in [6, 6.07) is 4.98. The van der Waals surface area contributed by atoms with E-state index in [1.54, 1.807) is 19.2 Å². The molecule has 0 unspecified atom stereocenters. The van der Waals surface area contributed by atoms with Gasteiger partial charge in [-0.15, -0.1) is 0 Å². The SMILES string of the molecule is COc1ccc([C@@H](N)CC(=O)O)cc1C. The van der Waals surface area contributed by atoms with E-state index in [4.69, 9.17) is 15.6 Å². The van der Waals surface area contributed by atoms with Crippen LogP contribution in [0.3, 0.4) is 0 Å². The second kappa shape index (κ2) is 4.79. The van der Waals surface area contributed by atoms with Crippen LogP contribution in [0, 0.1) is 6.92 Å². The minimum atomic E-state index is -0.893. The lowest BCUT2D eigenvalue weighted by atomic mass is 10.0. The molecule has 82 valence electrons. The molecule has 0 amide bonds. The summed E-state index contributed by atoms with van der Waals surface area (Å²) in [5.74, 6) is -0.114. The first-order valence-corrected chi connectivity index (χ1v) is 4.66. The van der Waals surface area contributed by atoms with Crippen molar-refractivity contribution in [3.63, 3.8) is 0 Å². The zero-order valence-corrected chi connectivity index (χ0v) is 8.86. The highest BCUT2D eigenvalue weighted by Crippen LogP contribution is 2.22. The Balaban J connectivity index is 2.87. The zero-order valence-electron chi connectivity index (χ0n) is 8.86. The number of benzene rings is 1. The number of methoxy groups -OCH3 is 1. The third kappa shape index (κ3) is 2.95. The Morgan fingerprint density at radius 2 is 2.27 bits per heavy atom. The molecule has 0 fully saturated rings.